The van der Waals surface area contributed by atoms with E-state index in [1.807, 2.05) is 0 Å². The van der Waals surface area contributed by atoms with Crippen molar-refractivity contribution >= 4 is 11.9 Å². The molecule has 0 aromatic carbocycles. The van der Waals surface area contributed by atoms with Gasteiger partial charge in [0.05, 0.1) is 0 Å². The number of carboxylic acids is 2. The monoisotopic (exact) mass is 247 g/mol. The number of aliphatic carboxylic acids is 2. The van der Waals surface area contributed by atoms with Crippen LogP contribution in [0.25, 0.3) is 0 Å². The molecule has 0 fully saturated rings. The van der Waals surface area contributed by atoms with Gasteiger partial charge in [-0.25, -0.2) is 9.59 Å². The Balaban J connectivity index is -0.000000114. The van der Waals surface area contributed by atoms with E-state index >= 15 is 0 Å². The molecule has 0 amide bonds. The van der Waals surface area contributed by atoms with Crippen LogP contribution in [0.3, 0.4) is 0 Å². The molecule has 67 valence electrons. The van der Waals surface area contributed by atoms with Gasteiger partial charge in [0.1, 0.15) is 0 Å². The predicted octanol–water partition coefficient (Wildman–Crippen LogP) is -2.08. The number of hydrogen-bond donors (Lipinski definition) is 4. The Labute approximate surface area is 78.0 Å². The maximum atomic E-state index is 9.10. The van der Waals surface area contributed by atoms with Gasteiger partial charge >= 0.3 is 41.3 Å². The molecule has 0 rings (SSSR count). The molecule has 1 radical (unpaired) electrons. The first-order valence-electron chi connectivity index (χ1n) is 1.76. The van der Waals surface area contributed by atoms with Crippen LogP contribution >= 0.6 is 0 Å². The first kappa shape index (κ1) is 17.1. The van der Waals surface area contributed by atoms with Gasteiger partial charge in [0.2, 0.25) is 0 Å². The van der Waals surface area contributed by atoms with Crippen molar-refractivity contribution in [1.82, 2.24) is 0 Å². The van der Waals surface area contributed by atoms with Gasteiger partial charge in [-0.15, -0.1) is 0 Å². The van der Waals surface area contributed by atoms with Gasteiger partial charge in [0, 0.05) is 16.8 Å². The van der Waals surface area contributed by atoms with Crippen molar-refractivity contribution < 1.29 is 65.9 Å². The second-order valence-electron chi connectivity index (χ2n) is 0.893. The molecule has 0 spiro atoms. The summed E-state index contributed by atoms with van der Waals surface area (Å²) in [5.74, 6) is -3.65. The minimum atomic E-state index is -3.58. The van der Waals surface area contributed by atoms with Crippen LogP contribution in [0.15, 0.2) is 0 Å². The molecule has 0 saturated heterocycles. The first-order valence-corrected chi connectivity index (χ1v) is 3.79. The van der Waals surface area contributed by atoms with Crippen molar-refractivity contribution in [2.75, 3.05) is 0 Å². The molecular formula is C2H4CoO7Ti. The Kier molecular flexibility index (Phi) is 15.4. The second kappa shape index (κ2) is 9.88. The van der Waals surface area contributed by atoms with Crippen LogP contribution in [0, 0.1) is 0 Å². The molecule has 0 unspecified atom stereocenters. The van der Waals surface area contributed by atoms with Crippen LogP contribution in [0.2, 0.25) is 0 Å². The number of carboxylic acid groups (broad SMARTS) is 2. The van der Waals surface area contributed by atoms with E-state index in [0.717, 1.165) is 0 Å². The van der Waals surface area contributed by atoms with E-state index in [0.29, 0.717) is 0 Å². The number of rotatable bonds is 0. The third kappa shape index (κ3) is 40.7. The van der Waals surface area contributed by atoms with Gasteiger partial charge in [0.15, 0.2) is 0 Å². The van der Waals surface area contributed by atoms with Gasteiger partial charge in [0.25, 0.3) is 0 Å². The summed E-state index contributed by atoms with van der Waals surface area (Å²) in [6, 6.07) is 0. The van der Waals surface area contributed by atoms with E-state index in [9.17, 15) is 0 Å². The molecule has 0 aliphatic rings. The van der Waals surface area contributed by atoms with Crippen molar-refractivity contribution in [2.45, 2.75) is 0 Å². The van der Waals surface area contributed by atoms with Gasteiger partial charge in [-0.05, 0) is 0 Å². The molecule has 0 aliphatic carbocycles. The van der Waals surface area contributed by atoms with Crippen molar-refractivity contribution in [2.24, 2.45) is 0 Å². The Morgan fingerprint density at radius 2 is 1.09 bits per heavy atom. The van der Waals surface area contributed by atoms with E-state index in [2.05, 4.69) is 0 Å². The van der Waals surface area contributed by atoms with Crippen molar-refractivity contribution in [1.29, 1.82) is 0 Å². The zero-order valence-electron chi connectivity index (χ0n) is 4.85. The molecule has 11 heavy (non-hydrogen) atoms. The third-order valence-corrected chi connectivity index (χ3v) is 0.183. The Morgan fingerprint density at radius 3 is 1.09 bits per heavy atom. The third-order valence-electron chi connectivity index (χ3n) is 0.183. The standard InChI is InChI=1S/C2H2O4.Co.2H2O.O.Ti/c3-1(4)2(5)6;;;;;/h(H,3,4)(H,5,6);;2*1H2;;/q;;;;;+2/p-2. The fourth-order valence-electron chi connectivity index (χ4n) is 0. The molecule has 0 aromatic heterocycles. The van der Waals surface area contributed by atoms with Crippen molar-refractivity contribution in [3.05, 3.63) is 0 Å². The summed E-state index contributed by atoms with van der Waals surface area (Å²) in [5, 5.41) is 14.8. The van der Waals surface area contributed by atoms with Crippen LogP contribution in [0.1, 0.15) is 0 Å². The van der Waals surface area contributed by atoms with Gasteiger partial charge in [-0.1, -0.05) is 0 Å². The fourth-order valence-corrected chi connectivity index (χ4v) is 0. The summed E-state index contributed by atoms with van der Waals surface area (Å²) in [5.41, 5.74) is 0. The Hall–Kier alpha value is -0.119. The maximum absolute atomic E-state index is 9.10. The molecule has 9 heteroatoms. The second-order valence-corrected chi connectivity index (χ2v) is 1.78. The van der Waals surface area contributed by atoms with Gasteiger partial charge in [-0.3, -0.25) is 0 Å². The molecule has 0 atom stereocenters. The zero-order valence-corrected chi connectivity index (χ0v) is 7.45. The molecule has 7 nitrogen and oxygen atoms in total. The molecule has 0 aliphatic heterocycles. The summed E-state index contributed by atoms with van der Waals surface area (Å²) >= 11 is -3.58. The van der Waals surface area contributed by atoms with E-state index in [4.69, 9.17) is 30.5 Å². The van der Waals surface area contributed by atoms with Crippen LogP contribution in [0.4, 0.5) is 0 Å². The first-order chi connectivity index (χ1) is 4.37. The fraction of sp³-hybridized carbons (Fsp3) is 0. The number of hydrogen-bond acceptors (Lipinski definition) is 3. The van der Waals surface area contributed by atoms with Crippen LogP contribution in [-0.2, 0) is 48.3 Å². The van der Waals surface area contributed by atoms with Crippen LogP contribution in [0.5, 0.6) is 0 Å². The summed E-state index contributed by atoms with van der Waals surface area (Å²) < 4.78 is 23.2. The summed E-state index contributed by atoms with van der Waals surface area (Å²) in [7, 11) is 0. The van der Waals surface area contributed by atoms with E-state index < -0.39 is 30.6 Å². The zero-order chi connectivity index (χ0) is 8.73. The number of carbonyl (C=O) groups is 2. The molecule has 0 saturated carbocycles. The molecular weight excluding hydrogens is 243 g/mol. The molecule has 0 aromatic rings. The topological polar surface area (TPSA) is 132 Å². The van der Waals surface area contributed by atoms with Crippen molar-refractivity contribution in [3.63, 3.8) is 0 Å². The minimum absolute atomic E-state index is 0. The van der Waals surface area contributed by atoms with Crippen molar-refractivity contribution in [3.8, 4) is 0 Å². The Bertz CT molecular complexity index is 139. The predicted molar refractivity (Wildman–Crippen MR) is 20.4 cm³/mol. The van der Waals surface area contributed by atoms with E-state index in [-0.39, 0.29) is 16.8 Å². The molecule has 0 bridgehead atoms. The summed E-state index contributed by atoms with van der Waals surface area (Å²) in [6.45, 7) is 0. The van der Waals surface area contributed by atoms with Gasteiger partial charge < -0.3 is 10.2 Å². The normalized spacial score (nSPS) is 6.36. The molecule has 0 heterocycles. The average Bonchev–Trinajstić information content (AvgIpc) is 1.63. The average molecular weight is 247 g/mol. The van der Waals surface area contributed by atoms with Crippen LogP contribution in [-0.4, -0.2) is 29.5 Å². The van der Waals surface area contributed by atoms with E-state index in [1.54, 1.807) is 0 Å². The summed E-state index contributed by atoms with van der Waals surface area (Å²) in [4.78, 5) is 18.2. The SMILES string of the molecule is O=C(O)C(=O)O.[Co].[O]=[Ti]([OH])[OH]. The van der Waals surface area contributed by atoms with E-state index in [1.165, 1.54) is 0 Å². The molecule has 4 N–H and O–H groups in total. The summed E-state index contributed by atoms with van der Waals surface area (Å²) in [6.07, 6.45) is 0. The Morgan fingerprint density at radius 1 is 1.00 bits per heavy atom. The van der Waals surface area contributed by atoms with Gasteiger partial charge in [-0.2, -0.15) is 0 Å². The van der Waals surface area contributed by atoms with Crippen LogP contribution < -0.4 is 0 Å². The quantitative estimate of drug-likeness (QED) is 0.285.